The molecule has 27 heavy (non-hydrogen) atoms. The van der Waals surface area contributed by atoms with Gasteiger partial charge in [0.15, 0.2) is 6.10 Å². The van der Waals surface area contributed by atoms with Crippen LogP contribution >= 0.6 is 27.5 Å². The Morgan fingerprint density at radius 3 is 2.59 bits per heavy atom. The predicted molar refractivity (Wildman–Crippen MR) is 109 cm³/mol. The first kappa shape index (κ1) is 19.7. The molecule has 0 saturated carbocycles. The minimum atomic E-state index is -0.752. The zero-order valence-corrected chi connectivity index (χ0v) is 17.2. The Kier molecular flexibility index (Phi) is 6.39. The normalized spacial score (nSPS) is 14.7. The molecule has 0 spiro atoms. The van der Waals surface area contributed by atoms with E-state index in [2.05, 4.69) is 21.2 Å². The number of ether oxygens (including phenoxy) is 1. The molecule has 7 heteroatoms. The van der Waals surface area contributed by atoms with Gasteiger partial charge in [0.05, 0.1) is 15.7 Å². The fourth-order valence-electron chi connectivity index (χ4n) is 2.92. The highest BCUT2D eigenvalue weighted by atomic mass is 79.9. The summed E-state index contributed by atoms with van der Waals surface area (Å²) >= 11 is 9.29. The zero-order chi connectivity index (χ0) is 19.4. The highest BCUT2D eigenvalue weighted by molar-refractivity contribution is 9.10. The largest absolute Gasteiger partial charge is 0.480 e. The van der Waals surface area contributed by atoms with Gasteiger partial charge in [-0.25, -0.2) is 0 Å². The highest BCUT2D eigenvalue weighted by Crippen LogP contribution is 2.29. The Morgan fingerprint density at radius 2 is 1.89 bits per heavy atom. The molecule has 2 aromatic rings. The first-order valence-corrected chi connectivity index (χ1v) is 9.93. The molecule has 0 aromatic heterocycles. The number of benzene rings is 2. The van der Waals surface area contributed by atoms with Gasteiger partial charge < -0.3 is 15.0 Å². The molecule has 1 fully saturated rings. The van der Waals surface area contributed by atoms with Gasteiger partial charge in [-0.15, -0.1) is 0 Å². The third-order valence-corrected chi connectivity index (χ3v) is 5.23. The summed E-state index contributed by atoms with van der Waals surface area (Å²) in [6.45, 7) is 3.16. The Balaban J connectivity index is 1.71. The molecule has 1 unspecified atom stereocenters. The van der Waals surface area contributed by atoms with E-state index in [1.54, 1.807) is 49.4 Å². The van der Waals surface area contributed by atoms with Gasteiger partial charge in [-0.3, -0.25) is 9.59 Å². The lowest BCUT2D eigenvalue weighted by atomic mass is 10.1. The molecule has 1 heterocycles. The van der Waals surface area contributed by atoms with Crippen LogP contribution in [-0.4, -0.2) is 35.9 Å². The molecule has 1 aliphatic rings. The lowest BCUT2D eigenvalue weighted by Gasteiger charge is -2.19. The molecule has 1 aliphatic heterocycles. The van der Waals surface area contributed by atoms with Gasteiger partial charge in [0.25, 0.3) is 11.8 Å². The molecule has 142 valence electrons. The molecular weight excluding hydrogens is 432 g/mol. The molecule has 2 aromatic carbocycles. The molecule has 2 amide bonds. The van der Waals surface area contributed by atoms with Crippen molar-refractivity contribution in [2.24, 2.45) is 0 Å². The van der Waals surface area contributed by atoms with E-state index < -0.39 is 6.10 Å². The number of halogens is 2. The average Bonchev–Trinajstić information content (AvgIpc) is 3.18. The smallest absolute Gasteiger partial charge is 0.265 e. The van der Waals surface area contributed by atoms with Crippen LogP contribution in [0, 0.1) is 0 Å². The van der Waals surface area contributed by atoms with Crippen molar-refractivity contribution in [3.8, 4) is 5.75 Å². The number of amides is 2. The predicted octanol–water partition coefficient (Wildman–Crippen LogP) is 4.74. The molecule has 5 nitrogen and oxygen atoms in total. The van der Waals surface area contributed by atoms with Crippen molar-refractivity contribution < 1.29 is 14.3 Å². The van der Waals surface area contributed by atoms with E-state index in [9.17, 15) is 9.59 Å². The van der Waals surface area contributed by atoms with E-state index in [0.717, 1.165) is 25.9 Å². The molecule has 1 saturated heterocycles. The zero-order valence-electron chi connectivity index (χ0n) is 14.9. The minimum Gasteiger partial charge on any atom is -0.480 e. The van der Waals surface area contributed by atoms with Crippen molar-refractivity contribution in [1.82, 2.24) is 4.90 Å². The second-order valence-electron chi connectivity index (χ2n) is 6.37. The monoisotopic (exact) mass is 450 g/mol. The van der Waals surface area contributed by atoms with Crippen molar-refractivity contribution >= 4 is 45.0 Å². The summed E-state index contributed by atoms with van der Waals surface area (Å²) in [5, 5.41) is 3.38. The number of nitrogens with zero attached hydrogens (tertiary/aromatic N) is 1. The van der Waals surface area contributed by atoms with Crippen molar-refractivity contribution in [2.45, 2.75) is 25.9 Å². The number of anilines is 1. The van der Waals surface area contributed by atoms with Gasteiger partial charge >= 0.3 is 0 Å². The summed E-state index contributed by atoms with van der Waals surface area (Å²) in [5.41, 5.74) is 0.984. The van der Waals surface area contributed by atoms with Crippen molar-refractivity contribution in [3.05, 3.63) is 57.5 Å². The minimum absolute atomic E-state index is 0.0579. The van der Waals surface area contributed by atoms with Crippen LogP contribution in [0.3, 0.4) is 0 Å². The maximum atomic E-state index is 12.7. The van der Waals surface area contributed by atoms with Crippen molar-refractivity contribution in [1.29, 1.82) is 0 Å². The number of para-hydroxylation sites is 1. The average molecular weight is 452 g/mol. The summed E-state index contributed by atoms with van der Waals surface area (Å²) in [4.78, 5) is 27.1. The number of hydrogen-bond donors (Lipinski definition) is 1. The van der Waals surface area contributed by atoms with Crippen LogP contribution in [-0.2, 0) is 4.79 Å². The van der Waals surface area contributed by atoms with Gasteiger partial charge in [-0.2, -0.15) is 0 Å². The van der Waals surface area contributed by atoms with Crippen LogP contribution in [0.4, 0.5) is 5.69 Å². The topological polar surface area (TPSA) is 58.6 Å². The number of carbonyl (C=O) groups excluding carboxylic acids is 2. The summed E-state index contributed by atoms with van der Waals surface area (Å²) in [6.07, 6.45) is 1.28. The lowest BCUT2D eigenvalue weighted by Crippen LogP contribution is -2.32. The summed E-state index contributed by atoms with van der Waals surface area (Å²) in [7, 11) is 0. The molecule has 1 N–H and O–H groups in total. The second kappa shape index (κ2) is 8.76. The Hall–Kier alpha value is -2.05. The van der Waals surface area contributed by atoms with Crippen molar-refractivity contribution in [2.75, 3.05) is 18.4 Å². The highest BCUT2D eigenvalue weighted by Gasteiger charge is 2.23. The number of nitrogens with one attached hydrogen (secondary N) is 1. The molecule has 0 aliphatic carbocycles. The fraction of sp³-hybridized carbons (Fsp3) is 0.300. The number of rotatable bonds is 5. The molecule has 0 radical (unpaired) electrons. The van der Waals surface area contributed by atoms with Crippen LogP contribution in [0.15, 0.2) is 46.9 Å². The maximum Gasteiger partial charge on any atom is 0.265 e. The number of hydrogen-bond acceptors (Lipinski definition) is 3. The van der Waals surface area contributed by atoms with Gasteiger partial charge in [-0.05, 0) is 66.0 Å². The quantitative estimate of drug-likeness (QED) is 0.714. The van der Waals surface area contributed by atoms with E-state index in [0.29, 0.717) is 26.5 Å². The van der Waals surface area contributed by atoms with Gasteiger partial charge in [0.2, 0.25) is 0 Å². The SMILES string of the molecule is CC(Oc1ccc(Cl)cc1Br)C(=O)Nc1ccccc1C(=O)N1CCCC1. The van der Waals surface area contributed by atoms with E-state index in [-0.39, 0.29) is 11.8 Å². The van der Waals surface area contributed by atoms with Crippen LogP contribution in [0.25, 0.3) is 0 Å². The van der Waals surface area contributed by atoms with Crippen LogP contribution in [0.2, 0.25) is 5.02 Å². The Bertz CT molecular complexity index is 853. The van der Waals surface area contributed by atoms with Gasteiger partial charge in [-0.1, -0.05) is 23.7 Å². The molecular formula is C20H20BrClN2O3. The Morgan fingerprint density at radius 1 is 1.19 bits per heavy atom. The van der Waals surface area contributed by atoms with Crippen LogP contribution in [0.5, 0.6) is 5.75 Å². The van der Waals surface area contributed by atoms with E-state index in [1.165, 1.54) is 0 Å². The lowest BCUT2D eigenvalue weighted by molar-refractivity contribution is -0.122. The van der Waals surface area contributed by atoms with Gasteiger partial charge in [0, 0.05) is 18.1 Å². The molecule has 0 bridgehead atoms. The third kappa shape index (κ3) is 4.82. The first-order chi connectivity index (χ1) is 13.0. The molecule has 1 atom stereocenters. The summed E-state index contributed by atoms with van der Waals surface area (Å²) < 4.78 is 6.39. The number of likely N-dealkylation sites (tertiary alicyclic amines) is 1. The van der Waals surface area contributed by atoms with Gasteiger partial charge in [0.1, 0.15) is 5.75 Å². The fourth-order valence-corrected chi connectivity index (χ4v) is 3.69. The molecule has 3 rings (SSSR count). The van der Waals surface area contributed by atoms with Crippen LogP contribution < -0.4 is 10.1 Å². The van der Waals surface area contributed by atoms with E-state index in [4.69, 9.17) is 16.3 Å². The second-order valence-corrected chi connectivity index (χ2v) is 7.66. The van der Waals surface area contributed by atoms with Crippen molar-refractivity contribution in [3.63, 3.8) is 0 Å². The van der Waals surface area contributed by atoms with Crippen LogP contribution in [0.1, 0.15) is 30.1 Å². The maximum absolute atomic E-state index is 12.7. The van der Waals surface area contributed by atoms with E-state index in [1.807, 2.05) is 4.90 Å². The first-order valence-electron chi connectivity index (χ1n) is 8.76. The number of carbonyl (C=O) groups is 2. The summed E-state index contributed by atoms with van der Waals surface area (Å²) in [6, 6.07) is 12.1. The third-order valence-electron chi connectivity index (χ3n) is 4.38. The Labute approximate surface area is 171 Å². The summed E-state index contributed by atoms with van der Waals surface area (Å²) in [5.74, 6) is 0.124. The standard InChI is InChI=1S/C20H20BrClN2O3/c1-13(27-18-9-8-14(22)12-16(18)21)19(25)23-17-7-3-2-6-15(17)20(26)24-10-4-5-11-24/h2-3,6-9,12-13H,4-5,10-11H2,1H3,(H,23,25). The van der Waals surface area contributed by atoms with E-state index >= 15 is 0 Å².